The first-order chi connectivity index (χ1) is 9.75. The number of hydrogen-bond donors (Lipinski definition) is 0. The van der Waals surface area contributed by atoms with Crippen LogP contribution >= 0.6 is 15.9 Å². The SMILES string of the molecule is CC(C)c1nc(Br)cc(Oc2ccc(S(C)(=O)=O)cc2)n1. The molecule has 112 valence electrons. The van der Waals surface area contributed by atoms with Gasteiger partial charge in [-0.25, -0.2) is 13.4 Å². The minimum absolute atomic E-state index is 0.178. The zero-order valence-electron chi connectivity index (χ0n) is 11.9. The minimum atomic E-state index is -3.21. The van der Waals surface area contributed by atoms with Gasteiger partial charge in [-0.15, -0.1) is 0 Å². The van der Waals surface area contributed by atoms with Crippen LogP contribution < -0.4 is 4.74 Å². The van der Waals surface area contributed by atoms with Crippen LogP contribution in [0.15, 0.2) is 39.8 Å². The Morgan fingerprint density at radius 3 is 2.29 bits per heavy atom. The van der Waals surface area contributed by atoms with Gasteiger partial charge < -0.3 is 4.74 Å². The topological polar surface area (TPSA) is 69.2 Å². The minimum Gasteiger partial charge on any atom is -0.439 e. The second-order valence-electron chi connectivity index (χ2n) is 4.89. The maximum atomic E-state index is 11.4. The van der Waals surface area contributed by atoms with Crippen LogP contribution in [0.5, 0.6) is 11.6 Å². The second kappa shape index (κ2) is 6.11. The first kappa shape index (κ1) is 15.9. The summed E-state index contributed by atoms with van der Waals surface area (Å²) in [6.07, 6.45) is 1.17. The number of nitrogens with zero attached hydrogens (tertiary/aromatic N) is 2. The van der Waals surface area contributed by atoms with Gasteiger partial charge in [0.05, 0.1) is 4.90 Å². The molecule has 2 aromatic rings. The fourth-order valence-corrected chi connectivity index (χ4v) is 2.61. The lowest BCUT2D eigenvalue weighted by atomic mass is 10.2. The van der Waals surface area contributed by atoms with Gasteiger partial charge in [0.1, 0.15) is 16.2 Å². The van der Waals surface area contributed by atoms with Crippen molar-refractivity contribution >= 4 is 25.8 Å². The monoisotopic (exact) mass is 370 g/mol. The highest BCUT2D eigenvalue weighted by atomic mass is 79.9. The Morgan fingerprint density at radius 1 is 1.14 bits per heavy atom. The average molecular weight is 371 g/mol. The van der Waals surface area contributed by atoms with Gasteiger partial charge in [0, 0.05) is 18.2 Å². The van der Waals surface area contributed by atoms with Gasteiger partial charge in [-0.1, -0.05) is 13.8 Å². The molecule has 0 saturated heterocycles. The van der Waals surface area contributed by atoms with Gasteiger partial charge in [0.15, 0.2) is 9.84 Å². The van der Waals surface area contributed by atoms with Crippen molar-refractivity contribution in [1.29, 1.82) is 0 Å². The molecular formula is C14H15BrN2O3S. The highest BCUT2D eigenvalue weighted by Crippen LogP contribution is 2.25. The van der Waals surface area contributed by atoms with Crippen LogP contribution in [-0.2, 0) is 9.84 Å². The van der Waals surface area contributed by atoms with Crippen molar-refractivity contribution in [2.45, 2.75) is 24.7 Å². The number of ether oxygens (including phenoxy) is 1. The Labute approximate surface area is 132 Å². The van der Waals surface area contributed by atoms with Crippen molar-refractivity contribution in [2.24, 2.45) is 0 Å². The fourth-order valence-electron chi connectivity index (χ4n) is 1.60. The molecule has 0 fully saturated rings. The van der Waals surface area contributed by atoms with E-state index >= 15 is 0 Å². The Morgan fingerprint density at radius 2 is 1.76 bits per heavy atom. The summed E-state index contributed by atoms with van der Waals surface area (Å²) in [5.74, 6) is 1.78. The van der Waals surface area contributed by atoms with Crippen molar-refractivity contribution in [2.75, 3.05) is 6.26 Å². The quantitative estimate of drug-likeness (QED) is 0.769. The van der Waals surface area contributed by atoms with Gasteiger partial charge in [-0.05, 0) is 40.2 Å². The van der Waals surface area contributed by atoms with Gasteiger partial charge in [-0.3, -0.25) is 0 Å². The molecule has 2 rings (SSSR count). The molecule has 0 aliphatic rings. The normalized spacial score (nSPS) is 11.7. The lowest BCUT2D eigenvalue weighted by Crippen LogP contribution is -2.00. The van der Waals surface area contributed by atoms with Crippen molar-refractivity contribution in [3.05, 3.63) is 40.8 Å². The van der Waals surface area contributed by atoms with Gasteiger partial charge in [0.25, 0.3) is 0 Å². The summed E-state index contributed by atoms with van der Waals surface area (Å²) >= 11 is 3.32. The third-order valence-corrected chi connectivity index (χ3v) is 4.21. The molecule has 0 atom stereocenters. The van der Waals surface area contributed by atoms with E-state index in [0.717, 1.165) is 0 Å². The van der Waals surface area contributed by atoms with E-state index in [2.05, 4.69) is 25.9 Å². The molecule has 0 unspecified atom stereocenters. The number of halogens is 1. The summed E-state index contributed by atoms with van der Waals surface area (Å²) in [5.41, 5.74) is 0. The zero-order chi connectivity index (χ0) is 15.6. The number of rotatable bonds is 4. The molecule has 0 bridgehead atoms. The molecule has 1 aromatic heterocycles. The van der Waals surface area contributed by atoms with Crippen LogP contribution in [0.4, 0.5) is 0 Å². The third-order valence-electron chi connectivity index (χ3n) is 2.68. The summed E-state index contributed by atoms with van der Waals surface area (Å²) in [6.45, 7) is 3.99. The van der Waals surface area contributed by atoms with E-state index in [1.165, 1.54) is 18.4 Å². The first-order valence-corrected chi connectivity index (χ1v) is 8.96. The summed E-state index contributed by atoms with van der Waals surface area (Å²) in [5, 5.41) is 0. The van der Waals surface area contributed by atoms with Gasteiger partial charge in [-0.2, -0.15) is 4.98 Å². The molecule has 1 heterocycles. The molecule has 7 heteroatoms. The van der Waals surface area contributed by atoms with Crippen LogP contribution in [0, 0.1) is 0 Å². The van der Waals surface area contributed by atoms with Crippen LogP contribution in [0.25, 0.3) is 0 Å². The first-order valence-electron chi connectivity index (χ1n) is 6.28. The van der Waals surface area contributed by atoms with Crippen LogP contribution in [0.2, 0.25) is 0 Å². The smallest absolute Gasteiger partial charge is 0.223 e. The summed E-state index contributed by atoms with van der Waals surface area (Å²) in [7, 11) is -3.21. The van der Waals surface area contributed by atoms with Crippen LogP contribution in [-0.4, -0.2) is 24.6 Å². The predicted octanol–water partition coefficient (Wildman–Crippen LogP) is 3.56. The van der Waals surface area contributed by atoms with E-state index in [1.807, 2.05) is 13.8 Å². The number of sulfone groups is 1. The molecule has 0 radical (unpaired) electrons. The Kier molecular flexibility index (Phi) is 4.63. The molecule has 21 heavy (non-hydrogen) atoms. The zero-order valence-corrected chi connectivity index (χ0v) is 14.3. The fraction of sp³-hybridized carbons (Fsp3) is 0.286. The van der Waals surface area contributed by atoms with E-state index in [-0.39, 0.29) is 10.8 Å². The van der Waals surface area contributed by atoms with Crippen molar-refractivity contribution in [3.8, 4) is 11.6 Å². The maximum Gasteiger partial charge on any atom is 0.223 e. The maximum absolute atomic E-state index is 11.4. The average Bonchev–Trinajstić information content (AvgIpc) is 2.37. The summed E-state index contributed by atoms with van der Waals surface area (Å²) < 4.78 is 29.1. The molecule has 0 amide bonds. The Hall–Kier alpha value is -1.47. The van der Waals surface area contributed by atoms with E-state index in [0.29, 0.717) is 22.1 Å². The Bertz CT molecular complexity index is 743. The van der Waals surface area contributed by atoms with Crippen molar-refractivity contribution in [3.63, 3.8) is 0 Å². The molecule has 1 aromatic carbocycles. The Balaban J connectivity index is 2.26. The van der Waals surface area contributed by atoms with Crippen LogP contribution in [0.3, 0.4) is 0 Å². The van der Waals surface area contributed by atoms with E-state index in [1.54, 1.807) is 18.2 Å². The lowest BCUT2D eigenvalue weighted by molar-refractivity contribution is 0.455. The van der Waals surface area contributed by atoms with Crippen molar-refractivity contribution < 1.29 is 13.2 Å². The molecule has 0 aliphatic heterocycles. The molecule has 0 saturated carbocycles. The molecule has 0 aliphatic carbocycles. The van der Waals surface area contributed by atoms with Crippen molar-refractivity contribution in [1.82, 2.24) is 9.97 Å². The standard InChI is InChI=1S/C14H15BrN2O3S/c1-9(2)14-16-12(15)8-13(17-14)20-10-4-6-11(7-5-10)21(3,18)19/h4-9H,1-3H3. The molecule has 0 spiro atoms. The van der Waals surface area contributed by atoms with E-state index < -0.39 is 9.84 Å². The highest BCUT2D eigenvalue weighted by molar-refractivity contribution is 9.10. The van der Waals surface area contributed by atoms with Crippen LogP contribution in [0.1, 0.15) is 25.6 Å². The second-order valence-corrected chi connectivity index (χ2v) is 7.72. The number of benzene rings is 1. The number of hydrogen-bond acceptors (Lipinski definition) is 5. The molecule has 5 nitrogen and oxygen atoms in total. The van der Waals surface area contributed by atoms with Gasteiger partial charge in [0.2, 0.25) is 5.88 Å². The summed E-state index contributed by atoms with van der Waals surface area (Å²) in [6, 6.07) is 7.87. The van der Waals surface area contributed by atoms with Gasteiger partial charge >= 0.3 is 0 Å². The largest absolute Gasteiger partial charge is 0.439 e. The predicted molar refractivity (Wildman–Crippen MR) is 83.4 cm³/mol. The summed E-state index contributed by atoms with van der Waals surface area (Å²) in [4.78, 5) is 8.84. The van der Waals surface area contributed by atoms with E-state index in [4.69, 9.17) is 4.74 Å². The van der Waals surface area contributed by atoms with E-state index in [9.17, 15) is 8.42 Å². The molecular weight excluding hydrogens is 356 g/mol. The lowest BCUT2D eigenvalue weighted by Gasteiger charge is -2.09. The molecule has 0 N–H and O–H groups in total. The third kappa shape index (κ3) is 4.25. The number of aromatic nitrogens is 2. The highest BCUT2D eigenvalue weighted by Gasteiger charge is 2.10.